The SMILES string of the molecule is O=C(Nc1ccccc1Cl)N1CCc2c(nc3cc(-c4ccccc4)[nH]n3c2=O)C1. The van der Waals surface area contributed by atoms with E-state index in [9.17, 15) is 9.59 Å². The molecule has 0 saturated carbocycles. The third-order valence-electron chi connectivity index (χ3n) is 5.25. The van der Waals surface area contributed by atoms with Gasteiger partial charge < -0.3 is 10.2 Å². The van der Waals surface area contributed by atoms with Crippen molar-refractivity contribution in [2.75, 3.05) is 11.9 Å². The number of hydrogen-bond donors (Lipinski definition) is 2. The Labute approximate surface area is 176 Å². The molecular weight excluding hydrogens is 402 g/mol. The van der Waals surface area contributed by atoms with E-state index in [1.165, 1.54) is 4.52 Å². The number of aromatic amines is 1. The summed E-state index contributed by atoms with van der Waals surface area (Å²) in [5, 5.41) is 6.44. The molecule has 2 aromatic carbocycles. The summed E-state index contributed by atoms with van der Waals surface area (Å²) in [5.74, 6) is 0. The van der Waals surface area contributed by atoms with E-state index >= 15 is 0 Å². The first-order valence-corrected chi connectivity index (χ1v) is 9.97. The van der Waals surface area contributed by atoms with Crippen LogP contribution in [0.4, 0.5) is 10.5 Å². The van der Waals surface area contributed by atoms with Gasteiger partial charge in [0.15, 0.2) is 5.65 Å². The Kier molecular flexibility index (Phi) is 4.52. The summed E-state index contributed by atoms with van der Waals surface area (Å²) in [7, 11) is 0. The fraction of sp³-hybridized carbons (Fsp3) is 0.136. The number of urea groups is 1. The van der Waals surface area contributed by atoms with E-state index in [1.807, 2.05) is 42.5 Å². The van der Waals surface area contributed by atoms with Crippen LogP contribution in [0.2, 0.25) is 5.02 Å². The lowest BCUT2D eigenvalue weighted by Gasteiger charge is -2.28. The lowest BCUT2D eigenvalue weighted by molar-refractivity contribution is 0.205. The summed E-state index contributed by atoms with van der Waals surface area (Å²) in [6.45, 7) is 0.696. The van der Waals surface area contributed by atoms with Crippen LogP contribution in [0, 0.1) is 0 Å². The molecule has 0 saturated heterocycles. The fourth-order valence-corrected chi connectivity index (χ4v) is 3.87. The Morgan fingerprint density at radius 2 is 1.87 bits per heavy atom. The smallest absolute Gasteiger partial charge is 0.318 e. The number of carbonyl (C=O) groups excluding carboxylic acids is 1. The molecule has 30 heavy (non-hydrogen) atoms. The Bertz CT molecular complexity index is 1310. The zero-order valence-electron chi connectivity index (χ0n) is 15.9. The lowest BCUT2D eigenvalue weighted by atomic mass is 10.1. The van der Waals surface area contributed by atoms with Gasteiger partial charge in [-0.1, -0.05) is 54.1 Å². The van der Waals surface area contributed by atoms with E-state index in [4.69, 9.17) is 11.6 Å². The van der Waals surface area contributed by atoms with E-state index in [1.54, 1.807) is 23.1 Å². The summed E-state index contributed by atoms with van der Waals surface area (Å²) in [6.07, 6.45) is 0.444. The van der Waals surface area contributed by atoms with Gasteiger partial charge in [-0.2, -0.15) is 0 Å². The van der Waals surface area contributed by atoms with Crippen molar-refractivity contribution in [3.05, 3.63) is 87.3 Å². The number of anilines is 1. The first-order chi connectivity index (χ1) is 14.6. The maximum absolute atomic E-state index is 13.0. The number of amides is 2. The summed E-state index contributed by atoms with van der Waals surface area (Å²) in [5.41, 5.74) is 4.01. The summed E-state index contributed by atoms with van der Waals surface area (Å²) >= 11 is 6.13. The van der Waals surface area contributed by atoms with Crippen LogP contribution in [0.1, 0.15) is 11.3 Å². The molecule has 2 N–H and O–H groups in total. The van der Waals surface area contributed by atoms with Crippen molar-refractivity contribution in [3.8, 4) is 11.3 Å². The van der Waals surface area contributed by atoms with Gasteiger partial charge in [0.25, 0.3) is 5.56 Å². The highest BCUT2D eigenvalue weighted by molar-refractivity contribution is 6.33. The average molecular weight is 420 g/mol. The van der Waals surface area contributed by atoms with Crippen molar-refractivity contribution in [1.82, 2.24) is 19.5 Å². The largest absolute Gasteiger partial charge is 0.322 e. The van der Waals surface area contributed by atoms with Crippen LogP contribution >= 0.6 is 11.6 Å². The number of aromatic nitrogens is 3. The van der Waals surface area contributed by atoms with Crippen LogP contribution < -0.4 is 10.9 Å². The standard InChI is InChI=1S/C22H18ClN5O2/c23-16-8-4-5-9-17(16)25-22(30)27-11-10-15-19(13-27)24-20-12-18(26-28(20)21(15)29)14-6-2-1-3-7-14/h1-9,12,26H,10-11,13H2,(H,25,30). The molecule has 0 aliphatic carbocycles. The Balaban J connectivity index is 1.45. The second-order valence-corrected chi connectivity index (χ2v) is 7.56. The van der Waals surface area contributed by atoms with Crippen LogP contribution in [0.3, 0.4) is 0 Å². The molecule has 1 aliphatic heterocycles. The number of nitrogens with one attached hydrogen (secondary N) is 2. The number of benzene rings is 2. The number of carbonyl (C=O) groups is 1. The van der Waals surface area contributed by atoms with Crippen molar-refractivity contribution in [1.29, 1.82) is 0 Å². The highest BCUT2D eigenvalue weighted by Crippen LogP contribution is 2.23. The number of H-pyrrole nitrogens is 1. The number of halogens is 1. The molecular formula is C22H18ClN5O2. The number of nitrogens with zero attached hydrogens (tertiary/aromatic N) is 3. The van der Waals surface area contributed by atoms with E-state index in [2.05, 4.69) is 15.4 Å². The molecule has 2 aromatic heterocycles. The van der Waals surface area contributed by atoms with Gasteiger partial charge in [-0.05, 0) is 24.1 Å². The third kappa shape index (κ3) is 3.23. The van der Waals surface area contributed by atoms with Crippen LogP contribution in [0.15, 0.2) is 65.5 Å². The van der Waals surface area contributed by atoms with Crippen molar-refractivity contribution in [2.24, 2.45) is 0 Å². The second-order valence-electron chi connectivity index (χ2n) is 7.15. The highest BCUT2D eigenvalue weighted by atomic mass is 35.5. The molecule has 150 valence electrons. The van der Waals surface area contributed by atoms with Crippen molar-refractivity contribution < 1.29 is 4.79 Å². The topological polar surface area (TPSA) is 82.5 Å². The number of rotatable bonds is 2. The molecule has 3 heterocycles. The van der Waals surface area contributed by atoms with Gasteiger partial charge in [-0.3, -0.25) is 9.89 Å². The summed E-state index contributed by atoms with van der Waals surface area (Å²) in [4.78, 5) is 32.0. The second kappa shape index (κ2) is 7.35. The van der Waals surface area contributed by atoms with Crippen molar-refractivity contribution >= 4 is 29.0 Å². The predicted octanol–water partition coefficient (Wildman–Crippen LogP) is 3.93. The minimum atomic E-state index is -0.269. The molecule has 0 unspecified atom stereocenters. The van der Waals surface area contributed by atoms with Crippen LogP contribution in [0.5, 0.6) is 0 Å². The monoisotopic (exact) mass is 419 g/mol. The number of hydrogen-bond acceptors (Lipinski definition) is 3. The maximum atomic E-state index is 13.0. The molecule has 0 spiro atoms. The van der Waals surface area contributed by atoms with Crippen molar-refractivity contribution in [3.63, 3.8) is 0 Å². The predicted molar refractivity (Wildman–Crippen MR) is 116 cm³/mol. The molecule has 5 rings (SSSR count). The van der Waals surface area contributed by atoms with Gasteiger partial charge in [-0.25, -0.2) is 14.3 Å². The zero-order chi connectivity index (χ0) is 20.7. The molecule has 0 fully saturated rings. The average Bonchev–Trinajstić information content (AvgIpc) is 3.20. The fourth-order valence-electron chi connectivity index (χ4n) is 3.69. The molecule has 0 atom stereocenters. The van der Waals surface area contributed by atoms with Crippen molar-refractivity contribution in [2.45, 2.75) is 13.0 Å². The van der Waals surface area contributed by atoms with E-state index in [0.717, 1.165) is 11.3 Å². The van der Waals surface area contributed by atoms with Gasteiger partial charge in [0, 0.05) is 18.2 Å². The maximum Gasteiger partial charge on any atom is 0.322 e. The highest BCUT2D eigenvalue weighted by Gasteiger charge is 2.25. The molecule has 7 nitrogen and oxygen atoms in total. The van der Waals surface area contributed by atoms with E-state index < -0.39 is 0 Å². The quantitative estimate of drug-likeness (QED) is 0.516. The summed E-state index contributed by atoms with van der Waals surface area (Å²) < 4.78 is 1.47. The lowest BCUT2D eigenvalue weighted by Crippen LogP contribution is -2.41. The number of para-hydroxylation sites is 1. The normalized spacial score (nSPS) is 13.3. The molecule has 8 heteroatoms. The van der Waals surface area contributed by atoms with Crippen LogP contribution in [-0.4, -0.2) is 32.1 Å². The Morgan fingerprint density at radius 1 is 1.10 bits per heavy atom. The molecule has 4 aromatic rings. The summed E-state index contributed by atoms with van der Waals surface area (Å²) in [6, 6.07) is 18.4. The molecule has 1 aliphatic rings. The third-order valence-corrected chi connectivity index (χ3v) is 5.58. The molecule has 2 amide bonds. The van der Waals surface area contributed by atoms with Gasteiger partial charge in [0.2, 0.25) is 0 Å². The number of fused-ring (bicyclic) bond motifs is 2. The first kappa shape index (κ1) is 18.4. The zero-order valence-corrected chi connectivity index (χ0v) is 16.7. The Hall–Kier alpha value is -3.58. The van der Waals surface area contributed by atoms with Crippen LogP contribution in [0.25, 0.3) is 16.9 Å². The van der Waals surface area contributed by atoms with Crippen LogP contribution in [-0.2, 0) is 13.0 Å². The molecule has 0 bridgehead atoms. The first-order valence-electron chi connectivity index (χ1n) is 9.59. The van der Waals surface area contributed by atoms with Gasteiger partial charge in [-0.15, -0.1) is 0 Å². The Morgan fingerprint density at radius 3 is 2.67 bits per heavy atom. The van der Waals surface area contributed by atoms with Gasteiger partial charge in [0.1, 0.15) is 0 Å². The van der Waals surface area contributed by atoms with Gasteiger partial charge >= 0.3 is 6.03 Å². The van der Waals surface area contributed by atoms with Gasteiger partial charge in [0.05, 0.1) is 28.6 Å². The van der Waals surface area contributed by atoms with E-state index in [0.29, 0.717) is 40.6 Å². The molecule has 0 radical (unpaired) electrons. The van der Waals surface area contributed by atoms with E-state index in [-0.39, 0.29) is 18.1 Å². The minimum Gasteiger partial charge on any atom is -0.318 e. The minimum absolute atomic E-state index is 0.122.